The number of pyridine rings is 1. The van der Waals surface area contributed by atoms with Crippen molar-refractivity contribution in [3.05, 3.63) is 22.5 Å². The summed E-state index contributed by atoms with van der Waals surface area (Å²) in [7, 11) is -4.55. The van der Waals surface area contributed by atoms with Crippen molar-refractivity contribution >= 4 is 10.1 Å². The quantitative estimate of drug-likeness (QED) is 0.383. The van der Waals surface area contributed by atoms with Gasteiger partial charge >= 0.3 is 51.4 Å². The number of aromatic nitrogens is 1. The van der Waals surface area contributed by atoms with E-state index in [1.807, 2.05) is 0 Å². The summed E-state index contributed by atoms with van der Waals surface area (Å²) < 4.78 is 32.0. The van der Waals surface area contributed by atoms with Crippen molar-refractivity contribution in [2.24, 2.45) is 0 Å². The third kappa shape index (κ3) is 4.51. The van der Waals surface area contributed by atoms with Crippen LogP contribution >= 0.6 is 0 Å². The van der Waals surface area contributed by atoms with Gasteiger partial charge in [0.25, 0.3) is 0 Å². The maximum atomic E-state index is 10.7. The Kier molecular flexibility index (Phi) is 7.43. The van der Waals surface area contributed by atoms with Gasteiger partial charge < -0.3 is 19.9 Å². The van der Waals surface area contributed by atoms with E-state index < -0.39 is 29.1 Å². The molecule has 0 aromatic carbocycles. The Morgan fingerprint density at radius 3 is 2.11 bits per heavy atom. The van der Waals surface area contributed by atoms with Crippen LogP contribution < -0.4 is 51.4 Å². The molecule has 96 valence electrons. The Morgan fingerprint density at radius 1 is 1.22 bits per heavy atom. The average Bonchev–Trinajstić information content (AvgIpc) is 2.20. The van der Waals surface area contributed by atoms with E-state index in [9.17, 15) is 18.1 Å². The molecule has 0 aliphatic carbocycles. The zero-order chi connectivity index (χ0) is 13.2. The SMILES string of the molecule is Cc1nc(CS(=O)(=O)[O-])c(CO)c(CO)c1O.[K+]. The first-order valence-electron chi connectivity index (χ1n) is 4.65. The van der Waals surface area contributed by atoms with E-state index in [0.29, 0.717) is 0 Å². The van der Waals surface area contributed by atoms with Crippen molar-refractivity contribution in [2.45, 2.75) is 25.9 Å². The van der Waals surface area contributed by atoms with E-state index in [1.165, 1.54) is 6.92 Å². The number of aromatic hydroxyl groups is 1. The van der Waals surface area contributed by atoms with Crippen LogP contribution in [0.1, 0.15) is 22.5 Å². The van der Waals surface area contributed by atoms with Crippen molar-refractivity contribution in [1.82, 2.24) is 4.98 Å². The zero-order valence-electron chi connectivity index (χ0n) is 10.0. The number of rotatable bonds is 4. The summed E-state index contributed by atoms with van der Waals surface area (Å²) in [6, 6.07) is 0. The van der Waals surface area contributed by atoms with Crippen LogP contribution in [0.2, 0.25) is 0 Å². The molecule has 0 saturated carbocycles. The molecule has 0 atom stereocenters. The monoisotopic (exact) mass is 301 g/mol. The zero-order valence-corrected chi connectivity index (χ0v) is 14.0. The summed E-state index contributed by atoms with van der Waals surface area (Å²) in [5.41, 5.74) is -0.111. The van der Waals surface area contributed by atoms with Gasteiger partial charge in [0.1, 0.15) is 15.9 Å². The fraction of sp³-hybridized carbons (Fsp3) is 0.444. The van der Waals surface area contributed by atoms with Crippen LogP contribution in [0.4, 0.5) is 0 Å². The Hall–Kier alpha value is 0.416. The second kappa shape index (κ2) is 7.27. The Labute approximate surface area is 147 Å². The van der Waals surface area contributed by atoms with Crippen molar-refractivity contribution in [2.75, 3.05) is 0 Å². The third-order valence-electron chi connectivity index (χ3n) is 2.27. The van der Waals surface area contributed by atoms with E-state index >= 15 is 0 Å². The van der Waals surface area contributed by atoms with Crippen LogP contribution in [0.3, 0.4) is 0 Å². The molecule has 1 rings (SSSR count). The molecule has 0 amide bonds. The minimum atomic E-state index is -4.55. The maximum Gasteiger partial charge on any atom is 1.00 e. The van der Waals surface area contributed by atoms with Gasteiger partial charge in [0.05, 0.1) is 30.4 Å². The normalized spacial score (nSPS) is 11.1. The molecule has 3 N–H and O–H groups in total. The van der Waals surface area contributed by atoms with Gasteiger partial charge in [-0.1, -0.05) is 0 Å². The fourth-order valence-electron chi connectivity index (χ4n) is 1.50. The van der Waals surface area contributed by atoms with Crippen LogP contribution in [0.25, 0.3) is 0 Å². The molecule has 9 heteroatoms. The largest absolute Gasteiger partial charge is 1.00 e. The molecule has 0 unspecified atom stereocenters. The van der Waals surface area contributed by atoms with Crippen LogP contribution in [0, 0.1) is 6.92 Å². The molecule has 1 heterocycles. The molecule has 0 spiro atoms. The van der Waals surface area contributed by atoms with Crippen LogP contribution in [0.15, 0.2) is 0 Å². The molecule has 0 aliphatic rings. The Morgan fingerprint density at radius 2 is 1.72 bits per heavy atom. The Balaban J connectivity index is 0.00000289. The van der Waals surface area contributed by atoms with Crippen molar-refractivity contribution in [3.8, 4) is 5.75 Å². The van der Waals surface area contributed by atoms with Crippen LogP contribution in [-0.4, -0.2) is 33.3 Å². The summed E-state index contributed by atoms with van der Waals surface area (Å²) in [6.07, 6.45) is 0. The summed E-state index contributed by atoms with van der Waals surface area (Å²) >= 11 is 0. The number of hydrogen-bond donors (Lipinski definition) is 3. The first kappa shape index (κ1) is 18.4. The van der Waals surface area contributed by atoms with Gasteiger partial charge in [0.2, 0.25) is 0 Å². The first-order chi connectivity index (χ1) is 7.80. The molecule has 1 aromatic heterocycles. The third-order valence-corrected chi connectivity index (χ3v) is 2.90. The topological polar surface area (TPSA) is 131 Å². The Bertz CT molecular complexity index is 530. The summed E-state index contributed by atoms with van der Waals surface area (Å²) in [5, 5.41) is 27.7. The number of aliphatic hydroxyl groups is 2. The maximum absolute atomic E-state index is 10.7. The molecule has 0 radical (unpaired) electrons. The molecule has 1 aromatic rings. The van der Waals surface area contributed by atoms with E-state index in [1.54, 1.807) is 0 Å². The van der Waals surface area contributed by atoms with Crippen LogP contribution in [-0.2, 0) is 29.1 Å². The molecule has 0 saturated heterocycles. The van der Waals surface area contributed by atoms with Crippen molar-refractivity contribution in [1.29, 1.82) is 0 Å². The molecule has 0 fully saturated rings. The fourth-order valence-corrected chi connectivity index (χ4v) is 2.08. The van der Waals surface area contributed by atoms with Crippen LogP contribution in [0.5, 0.6) is 5.75 Å². The number of aliphatic hydroxyl groups excluding tert-OH is 2. The standard InChI is InChI=1S/C9H13NO6S.K/c1-5-9(13)7(3-12)6(2-11)8(10-5)4-17(14,15)16;/h11-13H,2-4H2,1H3,(H,14,15,16);/q;+1/p-1. The molecule has 18 heavy (non-hydrogen) atoms. The summed E-state index contributed by atoms with van der Waals surface area (Å²) in [5.74, 6) is -1.21. The van der Waals surface area contributed by atoms with Gasteiger partial charge in [0.15, 0.2) is 0 Å². The predicted octanol–water partition coefficient (Wildman–Crippen LogP) is -3.87. The van der Waals surface area contributed by atoms with Gasteiger partial charge in [-0.25, -0.2) is 8.42 Å². The van der Waals surface area contributed by atoms with Crippen molar-refractivity contribution < 1.29 is 79.7 Å². The van der Waals surface area contributed by atoms with Gasteiger partial charge in [0, 0.05) is 11.1 Å². The summed E-state index contributed by atoms with van der Waals surface area (Å²) in [4.78, 5) is 3.74. The van der Waals surface area contributed by atoms with E-state index in [0.717, 1.165) is 0 Å². The molecular formula is C9H12KNO6S. The molecule has 0 bridgehead atoms. The number of hydrogen-bond acceptors (Lipinski definition) is 7. The molecule has 7 nitrogen and oxygen atoms in total. The van der Waals surface area contributed by atoms with E-state index in [4.69, 9.17) is 10.2 Å². The van der Waals surface area contributed by atoms with E-state index in [2.05, 4.69) is 4.98 Å². The first-order valence-corrected chi connectivity index (χ1v) is 6.23. The predicted molar refractivity (Wildman–Crippen MR) is 55.9 cm³/mol. The van der Waals surface area contributed by atoms with Gasteiger partial charge in [-0.15, -0.1) is 0 Å². The minimum absolute atomic E-state index is 0. The second-order valence-electron chi connectivity index (χ2n) is 3.47. The average molecular weight is 301 g/mol. The van der Waals surface area contributed by atoms with E-state index in [-0.39, 0.29) is 79.6 Å². The molecule has 0 aliphatic heterocycles. The smallest absolute Gasteiger partial charge is 0.748 e. The minimum Gasteiger partial charge on any atom is -0.748 e. The van der Waals surface area contributed by atoms with Gasteiger partial charge in [-0.3, -0.25) is 4.98 Å². The number of nitrogens with zero attached hydrogens (tertiary/aromatic N) is 1. The second-order valence-corrected chi connectivity index (χ2v) is 4.87. The van der Waals surface area contributed by atoms with Gasteiger partial charge in [-0.05, 0) is 6.92 Å². The summed E-state index contributed by atoms with van der Waals surface area (Å²) in [6.45, 7) is 0.190. The molecular weight excluding hydrogens is 289 g/mol. The van der Waals surface area contributed by atoms with Crippen molar-refractivity contribution in [3.63, 3.8) is 0 Å². The number of aryl methyl sites for hydroxylation is 1. The van der Waals surface area contributed by atoms with Gasteiger partial charge in [-0.2, -0.15) is 0 Å².